The van der Waals surface area contributed by atoms with Crippen LogP contribution in [-0.2, 0) is 14.4 Å². The number of nitrogens with zero attached hydrogens (tertiary/aromatic N) is 3. The molecule has 1 rings (SSSR count). The Kier molecular flexibility index (Phi) is 9.09. The first-order chi connectivity index (χ1) is 15.6. The van der Waals surface area contributed by atoms with Gasteiger partial charge in [0.1, 0.15) is 11.6 Å². The average Bonchev–Trinajstić information content (AvgIpc) is 2.72. The molecule has 0 N–H and O–H groups in total. The molecule has 0 heterocycles. The highest BCUT2D eigenvalue weighted by Gasteiger charge is 2.33. The molecule has 10 heteroatoms. The molecule has 0 aromatic heterocycles. The van der Waals surface area contributed by atoms with Gasteiger partial charge in [-0.25, -0.2) is 0 Å². The highest BCUT2D eigenvalue weighted by Crippen LogP contribution is 2.41. The van der Waals surface area contributed by atoms with E-state index in [1.54, 1.807) is 61.5 Å². The summed E-state index contributed by atoms with van der Waals surface area (Å²) < 4.78 is 10.7. The maximum atomic E-state index is 12.6. The second kappa shape index (κ2) is 10.9. The zero-order chi connectivity index (χ0) is 26.4. The van der Waals surface area contributed by atoms with Gasteiger partial charge in [0.2, 0.25) is 0 Å². The minimum Gasteiger partial charge on any atom is -0.422 e. The monoisotopic (exact) mass is 473 g/mol. The van der Waals surface area contributed by atoms with Crippen molar-refractivity contribution in [3.63, 3.8) is 0 Å². The van der Waals surface area contributed by atoms with Crippen molar-refractivity contribution in [3.05, 3.63) is 33.4 Å². The van der Waals surface area contributed by atoms with Crippen LogP contribution in [0.4, 0.5) is 5.69 Å². The molecule has 0 unspecified atom stereocenters. The van der Waals surface area contributed by atoms with Gasteiger partial charge in [-0.3, -0.25) is 24.5 Å². The van der Waals surface area contributed by atoms with Gasteiger partial charge in [-0.2, -0.15) is 5.26 Å². The molecule has 0 fully saturated rings. The van der Waals surface area contributed by atoms with Gasteiger partial charge in [0, 0.05) is 19.2 Å². The molecule has 0 aliphatic carbocycles. The molecule has 1 aromatic rings. The number of hydrogen-bond acceptors (Lipinski definition) is 8. The van der Waals surface area contributed by atoms with Gasteiger partial charge in [0.05, 0.1) is 15.8 Å². The van der Waals surface area contributed by atoms with Crippen LogP contribution in [0, 0.1) is 32.3 Å². The van der Waals surface area contributed by atoms with Crippen molar-refractivity contribution < 1.29 is 28.8 Å². The molecule has 1 aromatic carbocycles. The van der Waals surface area contributed by atoms with Crippen molar-refractivity contribution in [1.82, 2.24) is 4.90 Å². The predicted molar refractivity (Wildman–Crippen MR) is 125 cm³/mol. The second-order valence-electron chi connectivity index (χ2n) is 9.55. The standard InChI is InChI=1S/C24H31N3O7/c1-9-26(10-2)20(28)16(14-25)11-15-12-17(27(31)32)19(34-22(30)24(6,7)8)18(13-15)33-21(29)23(3,4)5/h11-13H,9-10H2,1-8H3/b16-11+. The molecule has 10 nitrogen and oxygen atoms in total. The van der Waals surface area contributed by atoms with E-state index in [4.69, 9.17) is 9.47 Å². The van der Waals surface area contributed by atoms with Crippen LogP contribution >= 0.6 is 0 Å². The minimum atomic E-state index is -0.998. The molecule has 0 aliphatic heterocycles. The van der Waals surface area contributed by atoms with Gasteiger partial charge >= 0.3 is 17.6 Å². The molecule has 184 valence electrons. The first-order valence-corrected chi connectivity index (χ1v) is 10.7. The fourth-order valence-corrected chi connectivity index (χ4v) is 2.49. The smallest absolute Gasteiger partial charge is 0.316 e. The molecular weight excluding hydrogens is 442 g/mol. The number of likely N-dealkylation sites (N-methyl/N-ethyl adjacent to an activating group) is 1. The van der Waals surface area contributed by atoms with Crippen LogP contribution in [0.2, 0.25) is 0 Å². The lowest BCUT2D eigenvalue weighted by Crippen LogP contribution is -2.31. The third-order valence-electron chi connectivity index (χ3n) is 4.59. The third-order valence-corrected chi connectivity index (χ3v) is 4.59. The number of ether oxygens (including phenoxy) is 2. The molecule has 0 saturated carbocycles. The second-order valence-corrected chi connectivity index (χ2v) is 9.55. The normalized spacial score (nSPS) is 11.9. The van der Waals surface area contributed by atoms with Crippen LogP contribution in [-0.4, -0.2) is 40.8 Å². The molecule has 0 bridgehead atoms. The fourth-order valence-electron chi connectivity index (χ4n) is 2.49. The zero-order valence-electron chi connectivity index (χ0n) is 20.8. The Balaban J connectivity index is 3.80. The van der Waals surface area contributed by atoms with E-state index >= 15 is 0 Å². The average molecular weight is 474 g/mol. The van der Waals surface area contributed by atoms with E-state index in [2.05, 4.69) is 0 Å². The number of amides is 1. The van der Waals surface area contributed by atoms with E-state index in [9.17, 15) is 29.8 Å². The number of benzene rings is 1. The Hall–Kier alpha value is -3.74. The van der Waals surface area contributed by atoms with Crippen molar-refractivity contribution in [1.29, 1.82) is 5.26 Å². The lowest BCUT2D eigenvalue weighted by Gasteiger charge is -2.20. The maximum absolute atomic E-state index is 12.6. The van der Waals surface area contributed by atoms with Crippen molar-refractivity contribution >= 4 is 29.6 Å². The molecule has 0 aliphatic rings. The van der Waals surface area contributed by atoms with E-state index in [1.807, 2.05) is 0 Å². The van der Waals surface area contributed by atoms with Crippen LogP contribution in [0.15, 0.2) is 17.7 Å². The lowest BCUT2D eigenvalue weighted by molar-refractivity contribution is -0.385. The summed E-state index contributed by atoms with van der Waals surface area (Å²) in [4.78, 5) is 50.1. The molecule has 0 radical (unpaired) electrons. The van der Waals surface area contributed by atoms with E-state index in [0.29, 0.717) is 13.1 Å². The van der Waals surface area contributed by atoms with Crippen molar-refractivity contribution in [2.75, 3.05) is 13.1 Å². The van der Waals surface area contributed by atoms with Crippen LogP contribution in [0.3, 0.4) is 0 Å². The molecule has 0 saturated heterocycles. The summed E-state index contributed by atoms with van der Waals surface area (Å²) in [5.74, 6) is -2.96. The van der Waals surface area contributed by atoms with E-state index < -0.39 is 45.0 Å². The number of carbonyl (C=O) groups is 3. The number of esters is 2. The summed E-state index contributed by atoms with van der Waals surface area (Å²) in [6.45, 7) is 13.7. The Labute approximate surface area is 199 Å². The van der Waals surface area contributed by atoms with Gasteiger partial charge in [-0.1, -0.05) is 0 Å². The SMILES string of the molecule is CCN(CC)C(=O)/C(C#N)=C/c1cc(OC(=O)C(C)(C)C)c(OC(=O)C(C)(C)C)c([N+](=O)[O-])c1. The third kappa shape index (κ3) is 7.13. The quantitative estimate of drug-likeness (QED) is 0.143. The minimum absolute atomic E-state index is 0.0519. The van der Waals surface area contributed by atoms with Crippen molar-refractivity contribution in [2.24, 2.45) is 10.8 Å². The number of nitro groups is 1. The highest BCUT2D eigenvalue weighted by molar-refractivity contribution is 6.02. The zero-order valence-corrected chi connectivity index (χ0v) is 20.8. The Morgan fingerprint density at radius 1 is 1.03 bits per heavy atom. The van der Waals surface area contributed by atoms with E-state index in [1.165, 1.54) is 11.0 Å². The number of nitro benzene ring substituents is 1. The molecular formula is C24H31N3O7. The van der Waals surface area contributed by atoms with Crippen LogP contribution in [0.5, 0.6) is 11.5 Å². The number of nitriles is 1. The summed E-state index contributed by atoms with van der Waals surface area (Å²) in [5.41, 5.74) is -2.83. The van der Waals surface area contributed by atoms with Gasteiger partial charge in [-0.05, 0) is 73.1 Å². The summed E-state index contributed by atoms with van der Waals surface area (Å²) in [5, 5.41) is 21.3. The van der Waals surface area contributed by atoms with Crippen molar-refractivity contribution in [3.8, 4) is 17.6 Å². The Morgan fingerprint density at radius 2 is 1.53 bits per heavy atom. The molecule has 0 atom stereocenters. The predicted octanol–water partition coefficient (Wildman–Crippen LogP) is 4.27. The first kappa shape index (κ1) is 28.3. The summed E-state index contributed by atoms with van der Waals surface area (Å²) in [6, 6.07) is 4.07. The molecule has 1 amide bonds. The van der Waals surface area contributed by atoms with Crippen molar-refractivity contribution in [2.45, 2.75) is 55.4 Å². The van der Waals surface area contributed by atoms with E-state index in [0.717, 1.165) is 12.1 Å². The van der Waals surface area contributed by atoms with Crippen LogP contribution in [0.1, 0.15) is 61.0 Å². The highest BCUT2D eigenvalue weighted by atomic mass is 16.6. The number of rotatable bonds is 7. The van der Waals surface area contributed by atoms with Gasteiger partial charge in [-0.15, -0.1) is 0 Å². The Bertz CT molecular complexity index is 1050. The van der Waals surface area contributed by atoms with Gasteiger partial charge < -0.3 is 14.4 Å². The summed E-state index contributed by atoms with van der Waals surface area (Å²) in [6.07, 6.45) is 1.16. The summed E-state index contributed by atoms with van der Waals surface area (Å²) in [7, 11) is 0. The molecule has 34 heavy (non-hydrogen) atoms. The summed E-state index contributed by atoms with van der Waals surface area (Å²) >= 11 is 0. The largest absolute Gasteiger partial charge is 0.422 e. The topological polar surface area (TPSA) is 140 Å². The lowest BCUT2D eigenvalue weighted by atomic mass is 9.97. The number of carbonyl (C=O) groups excluding carboxylic acids is 3. The van der Waals surface area contributed by atoms with Gasteiger partial charge in [0.15, 0.2) is 5.75 Å². The van der Waals surface area contributed by atoms with E-state index in [-0.39, 0.29) is 16.9 Å². The van der Waals surface area contributed by atoms with Crippen LogP contribution in [0.25, 0.3) is 6.08 Å². The maximum Gasteiger partial charge on any atom is 0.316 e. The molecule has 0 spiro atoms. The first-order valence-electron chi connectivity index (χ1n) is 10.7. The van der Waals surface area contributed by atoms with Gasteiger partial charge in [0.25, 0.3) is 11.7 Å². The number of hydrogen-bond donors (Lipinski definition) is 0. The van der Waals surface area contributed by atoms with Crippen LogP contribution < -0.4 is 9.47 Å². The Morgan fingerprint density at radius 3 is 1.94 bits per heavy atom. The fraction of sp³-hybridized carbons (Fsp3) is 0.500.